The van der Waals surface area contributed by atoms with Crippen LogP contribution in [0.1, 0.15) is 27.0 Å². The third-order valence-corrected chi connectivity index (χ3v) is 4.62. The number of carbonyl (C=O) groups excluding carboxylic acids is 2. The van der Waals surface area contributed by atoms with E-state index in [1.54, 1.807) is 12.1 Å². The number of Topliss-reactive ketones (excluding diaryl/α,β-unsaturated/α-hetero) is 1. The van der Waals surface area contributed by atoms with Gasteiger partial charge in [-0.25, -0.2) is 4.79 Å². The summed E-state index contributed by atoms with van der Waals surface area (Å²) in [6, 6.07) is 21.2. The van der Waals surface area contributed by atoms with Crippen molar-refractivity contribution in [1.29, 1.82) is 0 Å². The monoisotopic (exact) mass is 388 g/mol. The number of hydrogen-bond donors (Lipinski definition) is 0. The zero-order valence-corrected chi connectivity index (χ0v) is 16.9. The number of aryl methyl sites for hydroxylation is 3. The molecule has 0 saturated heterocycles. The van der Waals surface area contributed by atoms with Gasteiger partial charge in [0.2, 0.25) is 0 Å². The maximum Gasteiger partial charge on any atom is 0.344 e. The zero-order valence-electron chi connectivity index (χ0n) is 16.9. The highest BCUT2D eigenvalue weighted by atomic mass is 16.6. The third kappa shape index (κ3) is 5.32. The van der Waals surface area contributed by atoms with Gasteiger partial charge < -0.3 is 9.47 Å². The average molecular weight is 388 g/mol. The molecule has 3 rings (SSSR count). The Kier molecular flexibility index (Phi) is 6.45. The molecule has 0 N–H and O–H groups in total. The van der Waals surface area contributed by atoms with Crippen molar-refractivity contribution >= 4 is 11.8 Å². The predicted octanol–water partition coefficient (Wildman–Crippen LogP) is 5.08. The van der Waals surface area contributed by atoms with Gasteiger partial charge in [-0.3, -0.25) is 4.79 Å². The molecule has 0 radical (unpaired) electrons. The normalized spacial score (nSPS) is 10.4. The first kappa shape index (κ1) is 20.3. The van der Waals surface area contributed by atoms with Gasteiger partial charge >= 0.3 is 5.97 Å². The van der Waals surface area contributed by atoms with Crippen LogP contribution in [0, 0.1) is 20.8 Å². The highest BCUT2D eigenvalue weighted by molar-refractivity contribution is 5.98. The van der Waals surface area contributed by atoms with Crippen molar-refractivity contribution in [2.24, 2.45) is 0 Å². The Bertz CT molecular complexity index is 982. The summed E-state index contributed by atoms with van der Waals surface area (Å²) >= 11 is 0. The lowest BCUT2D eigenvalue weighted by Crippen LogP contribution is -2.20. The summed E-state index contributed by atoms with van der Waals surface area (Å²) in [6.45, 7) is 5.34. The lowest BCUT2D eigenvalue weighted by Gasteiger charge is -2.12. The summed E-state index contributed by atoms with van der Waals surface area (Å²) in [6.07, 6.45) is 0. The van der Waals surface area contributed by atoms with Gasteiger partial charge in [-0.05, 0) is 43.0 Å². The first-order valence-electron chi connectivity index (χ1n) is 9.49. The number of ether oxygens (including phenoxy) is 2. The van der Waals surface area contributed by atoms with E-state index in [1.165, 1.54) is 0 Å². The summed E-state index contributed by atoms with van der Waals surface area (Å²) < 4.78 is 10.7. The number of rotatable bonds is 7. The molecule has 0 unspecified atom stereocenters. The van der Waals surface area contributed by atoms with Crippen LogP contribution >= 0.6 is 0 Å². The molecule has 0 saturated carbocycles. The standard InChI is InChI=1S/C25H24O4/c1-17-13-18(2)25(19(3)14-17)29-16-24(27)28-15-23(26)22-11-9-21(10-12-22)20-7-5-4-6-8-20/h4-14H,15-16H2,1-3H3. The van der Waals surface area contributed by atoms with Crippen molar-refractivity contribution < 1.29 is 19.1 Å². The Morgan fingerprint density at radius 3 is 1.97 bits per heavy atom. The van der Waals surface area contributed by atoms with Crippen LogP contribution in [0.15, 0.2) is 66.7 Å². The second kappa shape index (κ2) is 9.20. The highest BCUT2D eigenvalue weighted by Gasteiger charge is 2.13. The summed E-state index contributed by atoms with van der Waals surface area (Å²) in [7, 11) is 0. The molecule has 0 heterocycles. The molecule has 0 aliphatic carbocycles. The van der Waals surface area contributed by atoms with Crippen molar-refractivity contribution in [2.45, 2.75) is 20.8 Å². The van der Waals surface area contributed by atoms with E-state index in [2.05, 4.69) is 0 Å². The molecular formula is C25H24O4. The average Bonchev–Trinajstić information content (AvgIpc) is 2.72. The summed E-state index contributed by atoms with van der Waals surface area (Å²) in [5, 5.41) is 0. The van der Waals surface area contributed by atoms with Crippen LogP contribution in [0.5, 0.6) is 5.75 Å². The fourth-order valence-electron chi connectivity index (χ4n) is 3.28. The molecule has 0 aliphatic rings. The van der Waals surface area contributed by atoms with E-state index in [0.29, 0.717) is 11.3 Å². The predicted molar refractivity (Wildman–Crippen MR) is 113 cm³/mol. The van der Waals surface area contributed by atoms with Crippen LogP contribution in [-0.2, 0) is 9.53 Å². The fourth-order valence-corrected chi connectivity index (χ4v) is 3.28. The number of benzene rings is 3. The van der Waals surface area contributed by atoms with Gasteiger partial charge in [0.25, 0.3) is 0 Å². The van der Waals surface area contributed by atoms with E-state index in [1.807, 2.05) is 75.4 Å². The molecule has 0 bridgehead atoms. The lowest BCUT2D eigenvalue weighted by molar-refractivity contribution is -0.144. The molecule has 4 nitrogen and oxygen atoms in total. The minimum Gasteiger partial charge on any atom is -0.481 e. The van der Waals surface area contributed by atoms with Crippen molar-refractivity contribution in [3.63, 3.8) is 0 Å². The van der Waals surface area contributed by atoms with Crippen LogP contribution in [0.3, 0.4) is 0 Å². The van der Waals surface area contributed by atoms with E-state index in [4.69, 9.17) is 9.47 Å². The number of ketones is 1. The molecule has 29 heavy (non-hydrogen) atoms. The smallest absolute Gasteiger partial charge is 0.344 e. The molecule has 3 aromatic carbocycles. The lowest BCUT2D eigenvalue weighted by atomic mass is 10.0. The molecule has 0 aliphatic heterocycles. The Hall–Kier alpha value is -3.40. The van der Waals surface area contributed by atoms with E-state index in [-0.39, 0.29) is 19.0 Å². The largest absolute Gasteiger partial charge is 0.481 e. The summed E-state index contributed by atoms with van der Waals surface area (Å²) in [5.74, 6) is -0.144. The Labute approximate surface area is 171 Å². The minimum atomic E-state index is -0.571. The van der Waals surface area contributed by atoms with Gasteiger partial charge in [0.1, 0.15) is 5.75 Å². The molecule has 0 aromatic heterocycles. The molecule has 0 amide bonds. The highest BCUT2D eigenvalue weighted by Crippen LogP contribution is 2.24. The fraction of sp³-hybridized carbons (Fsp3) is 0.200. The van der Waals surface area contributed by atoms with Crippen LogP contribution in [0.25, 0.3) is 11.1 Å². The molecule has 0 fully saturated rings. The maximum atomic E-state index is 12.3. The molecule has 148 valence electrons. The van der Waals surface area contributed by atoms with E-state index >= 15 is 0 Å². The minimum absolute atomic E-state index is 0.231. The van der Waals surface area contributed by atoms with Gasteiger partial charge in [0.15, 0.2) is 19.0 Å². The molecule has 0 spiro atoms. The number of esters is 1. The van der Waals surface area contributed by atoms with Gasteiger partial charge in [-0.15, -0.1) is 0 Å². The van der Waals surface area contributed by atoms with Gasteiger partial charge in [-0.1, -0.05) is 72.3 Å². The SMILES string of the molecule is Cc1cc(C)c(OCC(=O)OCC(=O)c2ccc(-c3ccccc3)cc2)c(C)c1. The van der Waals surface area contributed by atoms with Crippen molar-refractivity contribution in [3.8, 4) is 16.9 Å². The van der Waals surface area contributed by atoms with Crippen LogP contribution in [0.4, 0.5) is 0 Å². The van der Waals surface area contributed by atoms with Gasteiger partial charge in [-0.2, -0.15) is 0 Å². The van der Waals surface area contributed by atoms with E-state index < -0.39 is 5.97 Å². The second-order valence-electron chi connectivity index (χ2n) is 7.04. The first-order valence-corrected chi connectivity index (χ1v) is 9.49. The molecule has 4 heteroatoms. The maximum absolute atomic E-state index is 12.3. The third-order valence-electron chi connectivity index (χ3n) is 4.62. The molecular weight excluding hydrogens is 364 g/mol. The Morgan fingerprint density at radius 1 is 0.759 bits per heavy atom. The van der Waals surface area contributed by atoms with Crippen molar-refractivity contribution in [1.82, 2.24) is 0 Å². The first-order chi connectivity index (χ1) is 13.9. The summed E-state index contributed by atoms with van der Waals surface area (Å²) in [5.41, 5.74) is 5.67. The van der Waals surface area contributed by atoms with Crippen molar-refractivity contribution in [2.75, 3.05) is 13.2 Å². The number of carbonyl (C=O) groups is 2. The quantitative estimate of drug-likeness (QED) is 0.418. The van der Waals surface area contributed by atoms with E-state index in [0.717, 1.165) is 27.8 Å². The second-order valence-corrected chi connectivity index (χ2v) is 7.04. The zero-order chi connectivity index (χ0) is 20.8. The van der Waals surface area contributed by atoms with Crippen molar-refractivity contribution in [3.05, 3.63) is 89.0 Å². The van der Waals surface area contributed by atoms with E-state index in [9.17, 15) is 9.59 Å². The number of hydrogen-bond acceptors (Lipinski definition) is 4. The topological polar surface area (TPSA) is 52.6 Å². The van der Waals surface area contributed by atoms with Gasteiger partial charge in [0, 0.05) is 5.56 Å². The van der Waals surface area contributed by atoms with Crippen LogP contribution < -0.4 is 4.74 Å². The van der Waals surface area contributed by atoms with Crippen LogP contribution in [0.2, 0.25) is 0 Å². The molecule has 0 atom stereocenters. The summed E-state index contributed by atoms with van der Waals surface area (Å²) in [4.78, 5) is 24.3. The molecule has 3 aromatic rings. The van der Waals surface area contributed by atoms with Gasteiger partial charge in [0.05, 0.1) is 0 Å². The van der Waals surface area contributed by atoms with Crippen LogP contribution in [-0.4, -0.2) is 25.0 Å². The Balaban J connectivity index is 1.52. The Morgan fingerprint density at radius 2 is 1.34 bits per heavy atom.